The summed E-state index contributed by atoms with van der Waals surface area (Å²) in [6.07, 6.45) is 0.841. The molecule has 5 heteroatoms. The summed E-state index contributed by atoms with van der Waals surface area (Å²) in [4.78, 5) is 17.0. The third-order valence-corrected chi connectivity index (χ3v) is 5.41. The third-order valence-electron chi connectivity index (χ3n) is 5.41. The Balaban J connectivity index is 1.58. The largest absolute Gasteiger partial charge is 0.338 e. The zero-order valence-corrected chi connectivity index (χ0v) is 15.0. The van der Waals surface area contributed by atoms with E-state index in [4.69, 9.17) is 0 Å². The maximum Gasteiger partial charge on any atom is 0.318 e. The highest BCUT2D eigenvalue weighted by atomic mass is 19.1. The second-order valence-electron chi connectivity index (χ2n) is 7.37. The van der Waals surface area contributed by atoms with Gasteiger partial charge in [-0.05, 0) is 42.3 Å². The van der Waals surface area contributed by atoms with Crippen molar-refractivity contribution in [1.82, 2.24) is 15.1 Å². The molecule has 2 aromatic rings. The van der Waals surface area contributed by atoms with Gasteiger partial charge in [-0.3, -0.25) is 0 Å². The van der Waals surface area contributed by atoms with E-state index in [0.717, 1.165) is 30.6 Å². The molecule has 0 saturated carbocycles. The highest BCUT2D eigenvalue weighted by Gasteiger charge is 2.32. The summed E-state index contributed by atoms with van der Waals surface area (Å²) in [6.45, 7) is 3.43. The standard InChI is InChI=1S/C21H24FN3O/c1-24-13-15(14-24)12-23-21(26)25-11-10-16-4-2-3-5-19(16)20(25)17-6-8-18(22)9-7-17/h2-9,15,20H,10-14H2,1H3,(H,23,26)/t20-/m0/s1. The third kappa shape index (κ3) is 3.31. The minimum Gasteiger partial charge on any atom is -0.338 e. The Hall–Kier alpha value is -2.40. The van der Waals surface area contributed by atoms with Gasteiger partial charge in [-0.25, -0.2) is 9.18 Å². The lowest BCUT2D eigenvalue weighted by molar-refractivity contribution is 0.127. The van der Waals surface area contributed by atoms with Crippen LogP contribution >= 0.6 is 0 Å². The molecule has 2 aliphatic rings. The molecule has 2 heterocycles. The molecular weight excluding hydrogens is 329 g/mol. The Bertz CT molecular complexity index is 786. The van der Waals surface area contributed by atoms with Crippen LogP contribution in [-0.4, -0.2) is 49.1 Å². The first-order chi connectivity index (χ1) is 12.6. The van der Waals surface area contributed by atoms with Crippen LogP contribution in [0.25, 0.3) is 0 Å². The Morgan fingerprint density at radius 1 is 1.15 bits per heavy atom. The molecule has 0 unspecified atom stereocenters. The van der Waals surface area contributed by atoms with Crippen LogP contribution in [0.2, 0.25) is 0 Å². The predicted octanol–water partition coefficient (Wildman–Crippen LogP) is 3.04. The van der Waals surface area contributed by atoms with Crippen molar-refractivity contribution in [2.24, 2.45) is 5.92 Å². The lowest BCUT2D eigenvalue weighted by atomic mass is 9.88. The minimum atomic E-state index is -0.261. The van der Waals surface area contributed by atoms with E-state index in [9.17, 15) is 9.18 Å². The van der Waals surface area contributed by atoms with E-state index in [1.807, 2.05) is 17.0 Å². The van der Waals surface area contributed by atoms with Gasteiger partial charge in [0, 0.05) is 32.1 Å². The quantitative estimate of drug-likeness (QED) is 0.921. The summed E-state index contributed by atoms with van der Waals surface area (Å²) >= 11 is 0. The van der Waals surface area contributed by atoms with Crippen molar-refractivity contribution in [3.63, 3.8) is 0 Å². The maximum absolute atomic E-state index is 13.4. The molecule has 0 radical (unpaired) electrons. The van der Waals surface area contributed by atoms with E-state index in [1.54, 1.807) is 12.1 Å². The molecule has 1 atom stereocenters. The van der Waals surface area contributed by atoms with E-state index in [1.165, 1.54) is 17.7 Å². The molecule has 0 spiro atoms. The Labute approximate surface area is 153 Å². The first kappa shape index (κ1) is 17.0. The number of nitrogens with one attached hydrogen (secondary N) is 1. The number of nitrogens with zero attached hydrogens (tertiary/aromatic N) is 2. The van der Waals surface area contributed by atoms with Gasteiger partial charge in [0.25, 0.3) is 0 Å². The van der Waals surface area contributed by atoms with E-state index < -0.39 is 0 Å². The van der Waals surface area contributed by atoms with Crippen LogP contribution in [0.4, 0.5) is 9.18 Å². The molecule has 136 valence electrons. The maximum atomic E-state index is 13.4. The van der Waals surface area contributed by atoms with Gasteiger partial charge >= 0.3 is 6.03 Å². The van der Waals surface area contributed by atoms with Crippen molar-refractivity contribution in [2.45, 2.75) is 12.5 Å². The predicted molar refractivity (Wildman–Crippen MR) is 99.5 cm³/mol. The molecule has 1 saturated heterocycles. The van der Waals surface area contributed by atoms with Gasteiger partial charge in [0.05, 0.1) is 6.04 Å². The number of halogens is 1. The second-order valence-corrected chi connectivity index (χ2v) is 7.37. The van der Waals surface area contributed by atoms with Crippen LogP contribution < -0.4 is 5.32 Å². The van der Waals surface area contributed by atoms with Gasteiger partial charge in [0.1, 0.15) is 5.82 Å². The summed E-state index contributed by atoms with van der Waals surface area (Å²) in [5.74, 6) is 0.272. The number of fused-ring (bicyclic) bond motifs is 1. The van der Waals surface area contributed by atoms with Crippen molar-refractivity contribution >= 4 is 6.03 Å². The topological polar surface area (TPSA) is 35.6 Å². The summed E-state index contributed by atoms with van der Waals surface area (Å²) < 4.78 is 13.4. The summed E-state index contributed by atoms with van der Waals surface area (Å²) in [5.41, 5.74) is 3.33. The van der Waals surface area contributed by atoms with Crippen LogP contribution in [0.15, 0.2) is 48.5 Å². The Morgan fingerprint density at radius 2 is 1.88 bits per heavy atom. The molecule has 2 aromatic carbocycles. The molecule has 0 aliphatic carbocycles. The normalized spacial score (nSPS) is 20.4. The molecule has 0 aromatic heterocycles. The number of likely N-dealkylation sites (tertiary alicyclic amines) is 1. The van der Waals surface area contributed by atoms with Crippen molar-refractivity contribution in [3.8, 4) is 0 Å². The Morgan fingerprint density at radius 3 is 2.62 bits per heavy atom. The number of benzene rings is 2. The number of hydrogen-bond acceptors (Lipinski definition) is 2. The molecule has 2 amide bonds. The minimum absolute atomic E-state index is 0.0385. The van der Waals surface area contributed by atoms with Crippen molar-refractivity contribution < 1.29 is 9.18 Å². The van der Waals surface area contributed by atoms with Gasteiger partial charge in [-0.2, -0.15) is 0 Å². The van der Waals surface area contributed by atoms with Crippen molar-refractivity contribution in [3.05, 3.63) is 71.0 Å². The summed E-state index contributed by atoms with van der Waals surface area (Å²) in [6, 6.07) is 14.5. The molecule has 4 nitrogen and oxygen atoms in total. The van der Waals surface area contributed by atoms with Crippen molar-refractivity contribution in [1.29, 1.82) is 0 Å². The van der Waals surface area contributed by atoms with E-state index in [2.05, 4.69) is 29.4 Å². The highest BCUT2D eigenvalue weighted by molar-refractivity contribution is 5.76. The highest BCUT2D eigenvalue weighted by Crippen LogP contribution is 2.35. The van der Waals surface area contributed by atoms with Gasteiger partial charge in [0.2, 0.25) is 0 Å². The fourth-order valence-electron chi connectivity index (χ4n) is 4.08. The van der Waals surface area contributed by atoms with Gasteiger partial charge in [0.15, 0.2) is 0 Å². The molecule has 0 bridgehead atoms. The molecule has 2 aliphatic heterocycles. The number of carbonyl (C=O) groups is 1. The summed E-state index contributed by atoms with van der Waals surface area (Å²) in [7, 11) is 2.09. The average molecular weight is 353 g/mol. The van der Waals surface area contributed by atoms with Crippen LogP contribution in [-0.2, 0) is 6.42 Å². The first-order valence-corrected chi connectivity index (χ1v) is 9.18. The first-order valence-electron chi connectivity index (χ1n) is 9.18. The molecule has 1 N–H and O–H groups in total. The van der Waals surface area contributed by atoms with E-state index in [0.29, 0.717) is 19.0 Å². The zero-order chi connectivity index (χ0) is 18.1. The lowest BCUT2D eigenvalue weighted by Crippen LogP contribution is -2.52. The molecular formula is C21H24FN3O. The van der Waals surface area contributed by atoms with E-state index >= 15 is 0 Å². The zero-order valence-electron chi connectivity index (χ0n) is 15.0. The number of rotatable bonds is 3. The van der Waals surface area contributed by atoms with Gasteiger partial charge in [-0.15, -0.1) is 0 Å². The average Bonchev–Trinajstić information content (AvgIpc) is 2.64. The van der Waals surface area contributed by atoms with Crippen LogP contribution in [0.5, 0.6) is 0 Å². The van der Waals surface area contributed by atoms with Crippen LogP contribution in [0.3, 0.4) is 0 Å². The van der Waals surface area contributed by atoms with Gasteiger partial charge < -0.3 is 15.1 Å². The monoisotopic (exact) mass is 353 g/mol. The number of hydrogen-bond donors (Lipinski definition) is 1. The van der Waals surface area contributed by atoms with Crippen LogP contribution in [0, 0.1) is 11.7 Å². The second kappa shape index (κ2) is 7.08. The molecule has 26 heavy (non-hydrogen) atoms. The molecule has 4 rings (SSSR count). The van der Waals surface area contributed by atoms with E-state index in [-0.39, 0.29) is 17.9 Å². The number of urea groups is 1. The summed E-state index contributed by atoms with van der Waals surface area (Å²) in [5, 5.41) is 3.10. The fraction of sp³-hybridized carbons (Fsp3) is 0.381. The SMILES string of the molecule is CN1CC(CNC(=O)N2CCc3ccccc3[C@@H]2c2ccc(F)cc2)C1. The number of carbonyl (C=O) groups excluding carboxylic acids is 1. The lowest BCUT2D eigenvalue weighted by Gasteiger charge is -2.39. The fourth-order valence-corrected chi connectivity index (χ4v) is 4.08. The van der Waals surface area contributed by atoms with Crippen molar-refractivity contribution in [2.75, 3.05) is 33.2 Å². The van der Waals surface area contributed by atoms with Crippen LogP contribution in [0.1, 0.15) is 22.7 Å². The number of amides is 2. The van der Waals surface area contributed by atoms with Gasteiger partial charge in [-0.1, -0.05) is 36.4 Å². The smallest absolute Gasteiger partial charge is 0.318 e. The Kier molecular flexibility index (Phi) is 4.64. The molecule has 1 fully saturated rings.